The molecule has 10 aromatic carbocycles. The van der Waals surface area contributed by atoms with Gasteiger partial charge in [0.25, 0.3) is 0 Å². The number of rotatable bonds is 5. The first-order chi connectivity index (χ1) is 30.8. The number of hydrogen-bond donors (Lipinski definition) is 0. The fourth-order valence-electron chi connectivity index (χ4n) is 10.3. The Balaban J connectivity index is 1.08. The third-order valence-corrected chi connectivity index (χ3v) is 12.9. The van der Waals surface area contributed by atoms with Crippen LogP contribution in [0.1, 0.15) is 0 Å². The molecule has 0 fully saturated rings. The van der Waals surface area contributed by atoms with Crippen molar-refractivity contribution in [1.82, 2.24) is 14.1 Å². The number of nitrogens with zero attached hydrogens (tertiary/aromatic N) is 3. The summed E-state index contributed by atoms with van der Waals surface area (Å²) in [6, 6.07) is 77.6. The summed E-state index contributed by atoms with van der Waals surface area (Å²) in [7, 11) is 0. The first kappa shape index (κ1) is 34.6. The fraction of sp³-hybridized carbons (Fsp3) is 0. The van der Waals surface area contributed by atoms with Gasteiger partial charge in [0.05, 0.1) is 22.1 Å². The predicted molar refractivity (Wildman–Crippen MR) is 262 cm³/mol. The summed E-state index contributed by atoms with van der Waals surface area (Å²) >= 11 is 0. The third kappa shape index (κ3) is 5.15. The lowest BCUT2D eigenvalue weighted by atomic mass is 9.85. The second-order valence-corrected chi connectivity index (χ2v) is 16.3. The van der Waals surface area contributed by atoms with Crippen LogP contribution in [0, 0.1) is 0 Å². The molecule has 0 saturated heterocycles. The van der Waals surface area contributed by atoms with E-state index in [2.05, 4.69) is 221 Å². The predicted octanol–water partition coefficient (Wildman–Crippen LogP) is 15.7. The molecule has 0 aliphatic rings. The Morgan fingerprint density at radius 1 is 0.274 bits per heavy atom. The SMILES string of the molecule is c1ccc2c(-c3c4ccccc4c(-c4cncc(-c5cc(-n6c7ccccc7c7ccccc76)cc(-n6c7ccccc7c7ccccc76)c5)c4)c4ccccc34)cccc2c1. The van der Waals surface area contributed by atoms with Crippen molar-refractivity contribution in [1.29, 1.82) is 0 Å². The Morgan fingerprint density at radius 3 is 1.16 bits per heavy atom. The molecule has 0 N–H and O–H groups in total. The largest absolute Gasteiger partial charge is 0.309 e. The van der Waals surface area contributed by atoms with E-state index in [1.165, 1.54) is 92.6 Å². The summed E-state index contributed by atoms with van der Waals surface area (Å²) in [6.07, 6.45) is 4.07. The molecule has 0 radical (unpaired) electrons. The van der Waals surface area contributed by atoms with E-state index < -0.39 is 0 Å². The highest BCUT2D eigenvalue weighted by Gasteiger charge is 2.20. The highest BCUT2D eigenvalue weighted by molar-refractivity contribution is 6.23. The molecule has 3 heteroatoms. The summed E-state index contributed by atoms with van der Waals surface area (Å²) in [6.45, 7) is 0. The molecule has 0 saturated carbocycles. The molecule has 13 aromatic rings. The van der Waals surface area contributed by atoms with Crippen molar-refractivity contribution in [3.05, 3.63) is 225 Å². The van der Waals surface area contributed by atoms with Gasteiger partial charge in [0, 0.05) is 56.4 Å². The van der Waals surface area contributed by atoms with Crippen molar-refractivity contribution in [3.63, 3.8) is 0 Å². The lowest BCUT2D eigenvalue weighted by Crippen LogP contribution is -2.00. The van der Waals surface area contributed by atoms with E-state index in [-0.39, 0.29) is 0 Å². The van der Waals surface area contributed by atoms with Gasteiger partial charge >= 0.3 is 0 Å². The number of benzene rings is 10. The molecule has 0 bridgehead atoms. The maximum absolute atomic E-state index is 5.04. The van der Waals surface area contributed by atoms with Crippen LogP contribution in [0.2, 0.25) is 0 Å². The number of hydrogen-bond acceptors (Lipinski definition) is 1. The van der Waals surface area contributed by atoms with Gasteiger partial charge in [-0.05, 0) is 103 Å². The molecular weight excluding hydrogens is 751 g/mol. The summed E-state index contributed by atoms with van der Waals surface area (Å²) in [5.41, 5.74) is 13.8. The topological polar surface area (TPSA) is 22.8 Å². The maximum atomic E-state index is 5.04. The van der Waals surface area contributed by atoms with Gasteiger partial charge < -0.3 is 9.13 Å². The Kier molecular flexibility index (Phi) is 7.60. The first-order valence-corrected chi connectivity index (χ1v) is 21.3. The minimum atomic E-state index is 1.05. The van der Waals surface area contributed by atoms with E-state index in [4.69, 9.17) is 4.98 Å². The summed E-state index contributed by atoms with van der Waals surface area (Å²) in [5, 5.41) is 12.3. The van der Waals surface area contributed by atoms with Gasteiger partial charge in [0.1, 0.15) is 0 Å². The van der Waals surface area contributed by atoms with Crippen LogP contribution in [0.25, 0.3) is 121 Å². The molecular formula is C59H37N3. The average molecular weight is 788 g/mol. The fourth-order valence-corrected chi connectivity index (χ4v) is 10.3. The van der Waals surface area contributed by atoms with Crippen LogP contribution >= 0.6 is 0 Å². The molecule has 3 heterocycles. The summed E-state index contributed by atoms with van der Waals surface area (Å²) < 4.78 is 4.85. The monoisotopic (exact) mass is 787 g/mol. The standard InChI is InChI=1S/C59H37N3/c1-2-18-44-38(16-1)17-15-27-49(44)59-52-25-5-3-23-50(52)58(51-24-4-6-26-53(51)59)41-32-40(36-60-37-41)39-33-42(61-54-28-11-7-19-45(54)46-20-8-12-29-55(46)61)35-43(34-39)62-56-30-13-9-21-47(56)48-22-10-14-31-57(48)62/h1-37H. The lowest BCUT2D eigenvalue weighted by Gasteiger charge is -2.19. The Bertz CT molecular complexity index is 3640. The van der Waals surface area contributed by atoms with Gasteiger partial charge in [0.2, 0.25) is 0 Å². The van der Waals surface area contributed by atoms with Crippen molar-refractivity contribution in [2.24, 2.45) is 0 Å². The highest BCUT2D eigenvalue weighted by atomic mass is 15.0. The van der Waals surface area contributed by atoms with E-state index in [1.807, 2.05) is 12.4 Å². The molecule has 288 valence electrons. The van der Waals surface area contributed by atoms with Crippen molar-refractivity contribution < 1.29 is 0 Å². The lowest BCUT2D eigenvalue weighted by molar-refractivity contribution is 1.13. The van der Waals surface area contributed by atoms with Crippen molar-refractivity contribution >= 4 is 75.9 Å². The summed E-state index contributed by atoms with van der Waals surface area (Å²) in [5.74, 6) is 0. The zero-order valence-electron chi connectivity index (χ0n) is 33.7. The van der Waals surface area contributed by atoms with Crippen LogP contribution in [0.15, 0.2) is 225 Å². The molecule has 0 amide bonds. The molecule has 0 unspecified atom stereocenters. The Hall–Kier alpha value is -8.27. The third-order valence-electron chi connectivity index (χ3n) is 12.9. The molecule has 0 aliphatic carbocycles. The van der Waals surface area contributed by atoms with E-state index >= 15 is 0 Å². The van der Waals surface area contributed by atoms with Crippen LogP contribution in [0.5, 0.6) is 0 Å². The van der Waals surface area contributed by atoms with Gasteiger partial charge in [-0.15, -0.1) is 0 Å². The van der Waals surface area contributed by atoms with Crippen molar-refractivity contribution in [2.75, 3.05) is 0 Å². The molecule has 13 rings (SSSR count). The van der Waals surface area contributed by atoms with Gasteiger partial charge in [-0.25, -0.2) is 0 Å². The number of para-hydroxylation sites is 4. The average Bonchev–Trinajstić information content (AvgIpc) is 3.86. The van der Waals surface area contributed by atoms with Gasteiger partial charge in [-0.1, -0.05) is 164 Å². The van der Waals surface area contributed by atoms with Crippen LogP contribution in [0.4, 0.5) is 0 Å². The van der Waals surface area contributed by atoms with E-state index in [9.17, 15) is 0 Å². The van der Waals surface area contributed by atoms with Crippen molar-refractivity contribution in [3.8, 4) is 44.8 Å². The molecule has 0 spiro atoms. The second kappa shape index (κ2) is 13.6. The van der Waals surface area contributed by atoms with E-state index in [0.29, 0.717) is 0 Å². The van der Waals surface area contributed by atoms with Crippen LogP contribution in [-0.4, -0.2) is 14.1 Å². The quantitative estimate of drug-likeness (QED) is 0.159. The Morgan fingerprint density at radius 2 is 0.661 bits per heavy atom. The molecule has 0 aliphatic heterocycles. The second-order valence-electron chi connectivity index (χ2n) is 16.3. The zero-order chi connectivity index (χ0) is 40.7. The minimum absolute atomic E-state index is 1.05. The van der Waals surface area contributed by atoms with Gasteiger partial charge in [-0.2, -0.15) is 0 Å². The molecule has 3 aromatic heterocycles. The van der Waals surface area contributed by atoms with E-state index in [1.54, 1.807) is 0 Å². The first-order valence-electron chi connectivity index (χ1n) is 21.3. The normalized spacial score (nSPS) is 11.9. The minimum Gasteiger partial charge on any atom is -0.309 e. The number of fused-ring (bicyclic) bond motifs is 9. The molecule has 0 atom stereocenters. The number of pyridine rings is 1. The highest BCUT2D eigenvalue weighted by Crippen LogP contribution is 2.46. The molecule has 62 heavy (non-hydrogen) atoms. The van der Waals surface area contributed by atoms with Crippen LogP contribution < -0.4 is 0 Å². The van der Waals surface area contributed by atoms with Crippen molar-refractivity contribution in [2.45, 2.75) is 0 Å². The molecule has 3 nitrogen and oxygen atoms in total. The summed E-state index contributed by atoms with van der Waals surface area (Å²) in [4.78, 5) is 5.04. The smallest absolute Gasteiger partial charge is 0.0541 e. The van der Waals surface area contributed by atoms with Crippen LogP contribution in [0.3, 0.4) is 0 Å². The zero-order valence-corrected chi connectivity index (χ0v) is 33.7. The maximum Gasteiger partial charge on any atom is 0.0541 e. The van der Waals surface area contributed by atoms with Crippen LogP contribution in [-0.2, 0) is 0 Å². The van der Waals surface area contributed by atoms with Gasteiger partial charge in [0.15, 0.2) is 0 Å². The van der Waals surface area contributed by atoms with E-state index in [0.717, 1.165) is 28.1 Å². The number of aromatic nitrogens is 3. The Labute approximate surface area is 358 Å². The van der Waals surface area contributed by atoms with Gasteiger partial charge in [-0.3, -0.25) is 4.98 Å².